The minimum absolute atomic E-state index is 0.194. The van der Waals surface area contributed by atoms with Gasteiger partial charge in [-0.1, -0.05) is 89.3 Å². The summed E-state index contributed by atoms with van der Waals surface area (Å²) in [6.07, 6.45) is 19.7. The Kier molecular flexibility index (Phi) is 12.4. The van der Waals surface area contributed by atoms with Gasteiger partial charge in [-0.25, -0.2) is 4.79 Å². The molecule has 0 saturated heterocycles. The number of hydrogen-bond acceptors (Lipinski definition) is 4. The molecule has 0 atom stereocenters. The van der Waals surface area contributed by atoms with Crippen molar-refractivity contribution in [1.82, 2.24) is 0 Å². The van der Waals surface area contributed by atoms with Crippen LogP contribution in [-0.2, 0) is 16.0 Å². The highest BCUT2D eigenvalue weighted by Gasteiger charge is 2.32. The predicted molar refractivity (Wildman–Crippen MR) is 182 cm³/mol. The molecule has 2 aromatic rings. The van der Waals surface area contributed by atoms with Crippen molar-refractivity contribution in [3.63, 3.8) is 0 Å². The van der Waals surface area contributed by atoms with E-state index < -0.39 is 17.6 Å². The lowest BCUT2D eigenvalue weighted by atomic mass is 9.72. The van der Waals surface area contributed by atoms with Gasteiger partial charge in [-0.05, 0) is 97.7 Å². The monoisotopic (exact) mass is 597 g/mol. The second kappa shape index (κ2) is 16.4. The number of rotatable bonds is 8. The van der Waals surface area contributed by atoms with E-state index >= 15 is 0 Å². The summed E-state index contributed by atoms with van der Waals surface area (Å²) in [5.74, 6) is 0.673. The van der Waals surface area contributed by atoms with Gasteiger partial charge < -0.3 is 15.3 Å². The summed E-state index contributed by atoms with van der Waals surface area (Å²) in [5.41, 5.74) is 3.32. The van der Waals surface area contributed by atoms with Crippen LogP contribution in [0.5, 0.6) is 0 Å². The average molecular weight is 598 g/mol. The van der Waals surface area contributed by atoms with Crippen molar-refractivity contribution < 1.29 is 14.7 Å². The van der Waals surface area contributed by atoms with Gasteiger partial charge in [-0.15, -0.1) is 0 Å². The molecule has 0 bridgehead atoms. The minimum Gasteiger partial charge on any atom is -0.477 e. The number of aryl methyl sites for hydroxylation is 1. The summed E-state index contributed by atoms with van der Waals surface area (Å²) in [4.78, 5) is 26.9. The number of carboxylic acid groups (broad SMARTS) is 1. The van der Waals surface area contributed by atoms with E-state index in [1.54, 1.807) is 30.3 Å². The Labute approximate surface area is 264 Å². The first-order chi connectivity index (χ1) is 21.2. The molecule has 0 aromatic heterocycles. The van der Waals surface area contributed by atoms with Crippen LogP contribution < -0.4 is 10.2 Å². The number of amides is 1. The third kappa shape index (κ3) is 9.41. The van der Waals surface area contributed by atoms with Crippen LogP contribution >= 0.6 is 0 Å². The molecule has 2 aliphatic carbocycles. The molecule has 2 saturated carbocycles. The molecule has 0 unspecified atom stereocenters. The lowest BCUT2D eigenvalue weighted by molar-refractivity contribution is -0.129. The fraction of sp³-hybridized carbons (Fsp3) is 0.500. The molecule has 1 aliphatic heterocycles. The number of carbonyl (C=O) groups excluding carboxylic acids is 1. The van der Waals surface area contributed by atoms with E-state index in [0.717, 1.165) is 42.7 Å². The fourth-order valence-corrected chi connectivity index (χ4v) is 6.98. The van der Waals surface area contributed by atoms with Gasteiger partial charge >= 0.3 is 5.97 Å². The molecule has 1 amide bonds. The fourth-order valence-electron chi connectivity index (χ4n) is 6.98. The highest BCUT2D eigenvalue weighted by atomic mass is 16.4. The van der Waals surface area contributed by atoms with Gasteiger partial charge in [-0.2, -0.15) is 0 Å². The van der Waals surface area contributed by atoms with Crippen LogP contribution in [0.2, 0.25) is 0 Å². The number of fused-ring (bicyclic) bond motifs is 1. The molecule has 0 spiro atoms. The molecule has 236 valence electrons. The van der Waals surface area contributed by atoms with Crippen molar-refractivity contribution in [2.24, 2.45) is 17.8 Å². The number of para-hydroxylation sites is 1. The van der Waals surface area contributed by atoms with Gasteiger partial charge in [-0.3, -0.25) is 10.2 Å². The van der Waals surface area contributed by atoms with E-state index in [4.69, 9.17) is 5.41 Å². The SMILES string of the molecule is CC(C)C.N=C(C(=O)O)/C(=C/C=C/c1ccc2c(c1)CCCN2C1CCC(C2CCCCC2)CC1)C(=O)Nc1ccccc1. The van der Waals surface area contributed by atoms with Gasteiger partial charge in [0.15, 0.2) is 5.71 Å². The number of hydrogen-bond donors (Lipinski definition) is 3. The minimum atomic E-state index is -1.44. The lowest BCUT2D eigenvalue weighted by Crippen LogP contribution is -2.42. The van der Waals surface area contributed by atoms with E-state index in [1.165, 1.54) is 75.1 Å². The first-order valence-electron chi connectivity index (χ1n) is 16.7. The van der Waals surface area contributed by atoms with Gasteiger partial charge in [0.25, 0.3) is 5.91 Å². The molecular formula is C38H51N3O3. The Morgan fingerprint density at radius 3 is 2.23 bits per heavy atom. The average Bonchev–Trinajstić information content (AvgIpc) is 3.03. The first kappa shape index (κ1) is 33.2. The zero-order chi connectivity index (χ0) is 31.5. The molecule has 2 aromatic carbocycles. The van der Waals surface area contributed by atoms with Gasteiger partial charge in [0.05, 0.1) is 5.57 Å². The highest BCUT2D eigenvalue weighted by molar-refractivity contribution is 6.48. The smallest absolute Gasteiger partial charge is 0.354 e. The van der Waals surface area contributed by atoms with Gasteiger partial charge in [0.2, 0.25) is 0 Å². The maximum Gasteiger partial charge on any atom is 0.354 e. The topological polar surface area (TPSA) is 93.5 Å². The third-order valence-corrected chi connectivity index (χ3v) is 9.07. The maximum atomic E-state index is 12.8. The van der Waals surface area contributed by atoms with Crippen LogP contribution in [0.3, 0.4) is 0 Å². The number of nitrogens with one attached hydrogen (secondary N) is 2. The van der Waals surface area contributed by atoms with Crippen LogP contribution in [0, 0.1) is 23.2 Å². The zero-order valence-corrected chi connectivity index (χ0v) is 26.9. The Bertz CT molecular complexity index is 1310. The summed E-state index contributed by atoms with van der Waals surface area (Å²) in [5, 5.41) is 20.0. The number of nitrogens with zero attached hydrogens (tertiary/aromatic N) is 1. The second-order valence-electron chi connectivity index (χ2n) is 13.3. The van der Waals surface area contributed by atoms with E-state index in [0.29, 0.717) is 11.7 Å². The summed E-state index contributed by atoms with van der Waals surface area (Å²) < 4.78 is 0. The number of carbonyl (C=O) groups is 2. The Morgan fingerprint density at radius 1 is 0.909 bits per heavy atom. The molecule has 2 fully saturated rings. The molecule has 44 heavy (non-hydrogen) atoms. The number of carboxylic acids is 1. The molecule has 1 heterocycles. The molecule has 6 nitrogen and oxygen atoms in total. The Morgan fingerprint density at radius 2 is 1.57 bits per heavy atom. The van der Waals surface area contributed by atoms with Crippen molar-refractivity contribution in [2.75, 3.05) is 16.8 Å². The van der Waals surface area contributed by atoms with E-state index in [9.17, 15) is 14.7 Å². The van der Waals surface area contributed by atoms with E-state index in [-0.39, 0.29) is 5.57 Å². The van der Waals surface area contributed by atoms with Crippen molar-refractivity contribution in [3.8, 4) is 0 Å². The van der Waals surface area contributed by atoms with Crippen LogP contribution in [0.25, 0.3) is 6.08 Å². The molecule has 5 rings (SSSR count). The van der Waals surface area contributed by atoms with Crippen LogP contribution in [0.4, 0.5) is 11.4 Å². The summed E-state index contributed by atoms with van der Waals surface area (Å²) in [6, 6.07) is 16.0. The second-order valence-corrected chi connectivity index (χ2v) is 13.3. The number of allylic oxidation sites excluding steroid dienone is 2. The molecular weight excluding hydrogens is 546 g/mol. The van der Waals surface area contributed by atoms with Crippen molar-refractivity contribution in [1.29, 1.82) is 5.41 Å². The zero-order valence-electron chi connectivity index (χ0n) is 26.9. The van der Waals surface area contributed by atoms with Gasteiger partial charge in [0.1, 0.15) is 0 Å². The van der Waals surface area contributed by atoms with Crippen LogP contribution in [-0.4, -0.2) is 35.3 Å². The number of anilines is 2. The van der Waals surface area contributed by atoms with Crippen molar-refractivity contribution in [3.05, 3.63) is 77.4 Å². The summed E-state index contributed by atoms with van der Waals surface area (Å²) in [6.45, 7) is 7.63. The number of aliphatic carboxylic acids is 1. The lowest BCUT2D eigenvalue weighted by Gasteiger charge is -2.43. The number of benzene rings is 2. The van der Waals surface area contributed by atoms with Crippen LogP contribution in [0.15, 0.2) is 66.3 Å². The Balaban J connectivity index is 0.00000104. The maximum absolute atomic E-state index is 12.8. The first-order valence-corrected chi connectivity index (χ1v) is 16.7. The summed E-state index contributed by atoms with van der Waals surface area (Å²) >= 11 is 0. The summed E-state index contributed by atoms with van der Waals surface area (Å²) in [7, 11) is 0. The van der Waals surface area contributed by atoms with Crippen LogP contribution in [0.1, 0.15) is 96.1 Å². The van der Waals surface area contributed by atoms with Crippen molar-refractivity contribution >= 4 is 35.0 Å². The van der Waals surface area contributed by atoms with Crippen molar-refractivity contribution in [2.45, 2.75) is 97.4 Å². The molecule has 6 heteroatoms. The predicted octanol–water partition coefficient (Wildman–Crippen LogP) is 8.92. The third-order valence-electron chi connectivity index (χ3n) is 9.07. The van der Waals surface area contributed by atoms with E-state index in [1.807, 2.05) is 12.1 Å². The molecule has 0 radical (unpaired) electrons. The van der Waals surface area contributed by atoms with Gasteiger partial charge in [0, 0.05) is 24.0 Å². The quantitative estimate of drug-likeness (QED) is 0.161. The molecule has 3 N–H and O–H groups in total. The Hall–Kier alpha value is -3.67. The molecule has 3 aliphatic rings. The highest BCUT2D eigenvalue weighted by Crippen LogP contribution is 2.41. The standard InChI is InChI=1S/C34H41N3O3.C4H10/c35-32(34(39)40)30(33(38)36-28-13-5-2-6-14-28)15-7-9-24-16-21-31-27(23-24)12-8-22-37(31)29-19-17-26(18-20-29)25-10-3-1-4-11-25;1-4(2)3/h2,5-7,9,13-16,21,23,25-26,29,35H,1,3-4,8,10-12,17-20,22H2,(H,36,38)(H,39,40);4H,1-3H3/b9-7+,30-15-,35-32?;. The largest absolute Gasteiger partial charge is 0.477 e. The van der Waals surface area contributed by atoms with E-state index in [2.05, 4.69) is 49.2 Å². The normalized spacial score (nSPS) is 20.9.